The number of hydrazine groups is 1. The first kappa shape index (κ1) is 13.3. The molecule has 0 fully saturated rings. The number of aromatic nitrogens is 2. The van der Waals surface area contributed by atoms with Gasteiger partial charge in [-0.15, -0.1) is 0 Å². The maximum Gasteiger partial charge on any atom is 0.255 e. The van der Waals surface area contributed by atoms with E-state index in [-0.39, 0.29) is 30.7 Å². The van der Waals surface area contributed by atoms with E-state index in [4.69, 9.17) is 16.7 Å². The first-order valence-electron chi connectivity index (χ1n) is 4.82. The van der Waals surface area contributed by atoms with Gasteiger partial charge >= 0.3 is 0 Å². The Kier molecular flexibility index (Phi) is 4.79. The topological polar surface area (TPSA) is 113 Å². The van der Waals surface area contributed by atoms with Crippen molar-refractivity contribution in [2.24, 2.45) is 5.84 Å². The van der Waals surface area contributed by atoms with Gasteiger partial charge in [0.2, 0.25) is 5.95 Å². The second-order valence-electron chi connectivity index (χ2n) is 3.17. The number of anilines is 3. The molecule has 0 aliphatic carbocycles. The molecule has 6 N–H and O–H groups in total. The molecule has 0 aromatic carbocycles. The van der Waals surface area contributed by atoms with Crippen LogP contribution in [0.15, 0.2) is 6.07 Å². The molecular weight excluding hydrogens is 234 g/mol. The molecule has 0 bridgehead atoms. The van der Waals surface area contributed by atoms with E-state index in [1.807, 2.05) is 0 Å². The molecule has 0 saturated heterocycles. The number of nitrogens with two attached hydrogens (primary N) is 2. The van der Waals surface area contributed by atoms with Crippen molar-refractivity contribution in [3.63, 3.8) is 0 Å². The Bertz CT molecular complexity index is 364. The zero-order valence-electron chi connectivity index (χ0n) is 8.98. The monoisotopic (exact) mass is 248 g/mol. The lowest BCUT2D eigenvalue weighted by Gasteiger charge is -2.22. The molecule has 17 heavy (non-hydrogen) atoms. The lowest BCUT2D eigenvalue weighted by Crippen LogP contribution is -2.32. The quantitative estimate of drug-likeness (QED) is 0.393. The highest BCUT2D eigenvalue weighted by Gasteiger charge is 2.15. The van der Waals surface area contributed by atoms with Crippen molar-refractivity contribution < 1.29 is 13.9 Å². The van der Waals surface area contributed by atoms with Crippen LogP contribution in [0.3, 0.4) is 0 Å². The summed E-state index contributed by atoms with van der Waals surface area (Å²) in [4.78, 5) is 8.73. The Labute approximate surface area is 96.4 Å². The standard InChI is InChI=1S/C8H14F2N6O/c9-5(10)4-16(1-2-17)7-3-6(15-12)13-8(11)14-7/h3,5,17H,1-2,4,12H2,(H3,11,13,14,15). The number of alkyl halides is 2. The number of aliphatic hydroxyl groups excluding tert-OH is 1. The van der Waals surface area contributed by atoms with Crippen LogP contribution < -0.4 is 21.9 Å². The van der Waals surface area contributed by atoms with Crippen LogP contribution in [0.5, 0.6) is 0 Å². The molecule has 1 aromatic heterocycles. The molecule has 0 radical (unpaired) electrons. The van der Waals surface area contributed by atoms with E-state index in [1.165, 1.54) is 11.0 Å². The van der Waals surface area contributed by atoms with Gasteiger partial charge in [0.15, 0.2) is 0 Å². The Balaban J connectivity index is 2.95. The summed E-state index contributed by atoms with van der Waals surface area (Å²) in [6.07, 6.45) is -2.55. The summed E-state index contributed by atoms with van der Waals surface area (Å²) in [6.45, 7) is -0.812. The average molecular weight is 248 g/mol. The number of nitrogen functional groups attached to an aromatic ring is 2. The number of aliphatic hydroxyl groups is 1. The van der Waals surface area contributed by atoms with Crippen molar-refractivity contribution in [2.75, 3.05) is 35.8 Å². The minimum Gasteiger partial charge on any atom is -0.395 e. The maximum absolute atomic E-state index is 12.3. The van der Waals surface area contributed by atoms with Crippen molar-refractivity contribution in [1.29, 1.82) is 0 Å². The molecule has 0 saturated carbocycles. The number of hydrogen-bond donors (Lipinski definition) is 4. The van der Waals surface area contributed by atoms with Gasteiger partial charge in [-0.05, 0) is 0 Å². The second-order valence-corrected chi connectivity index (χ2v) is 3.17. The number of nitrogens with zero attached hydrogens (tertiary/aromatic N) is 3. The van der Waals surface area contributed by atoms with E-state index in [0.717, 1.165) is 0 Å². The minimum absolute atomic E-state index is 0.0187. The summed E-state index contributed by atoms with van der Waals surface area (Å²) in [5, 5.41) is 8.81. The first-order valence-corrected chi connectivity index (χ1v) is 4.82. The number of rotatable bonds is 6. The van der Waals surface area contributed by atoms with Crippen LogP contribution in [0.25, 0.3) is 0 Å². The fraction of sp³-hybridized carbons (Fsp3) is 0.500. The molecule has 0 unspecified atom stereocenters. The van der Waals surface area contributed by atoms with Gasteiger partial charge in [0.1, 0.15) is 11.6 Å². The van der Waals surface area contributed by atoms with Gasteiger partial charge in [0.25, 0.3) is 6.43 Å². The van der Waals surface area contributed by atoms with E-state index in [9.17, 15) is 8.78 Å². The van der Waals surface area contributed by atoms with E-state index in [0.29, 0.717) is 0 Å². The van der Waals surface area contributed by atoms with Crippen LogP contribution in [-0.2, 0) is 0 Å². The fourth-order valence-electron chi connectivity index (χ4n) is 1.28. The van der Waals surface area contributed by atoms with Gasteiger partial charge in [-0.25, -0.2) is 14.6 Å². The summed E-state index contributed by atoms with van der Waals surface area (Å²) in [6, 6.07) is 1.37. The lowest BCUT2D eigenvalue weighted by atomic mass is 10.4. The Hall–Kier alpha value is -1.74. The molecular formula is C8H14F2N6O. The Morgan fingerprint density at radius 3 is 2.71 bits per heavy atom. The van der Waals surface area contributed by atoms with Crippen LogP contribution in [0.4, 0.5) is 26.4 Å². The average Bonchev–Trinajstić information content (AvgIpc) is 2.27. The molecule has 1 aromatic rings. The van der Waals surface area contributed by atoms with Gasteiger partial charge in [0, 0.05) is 12.6 Å². The number of hydrogen-bond acceptors (Lipinski definition) is 7. The van der Waals surface area contributed by atoms with Crippen molar-refractivity contribution in [2.45, 2.75) is 6.43 Å². The molecule has 1 rings (SSSR count). The number of nitrogens with one attached hydrogen (secondary N) is 1. The van der Waals surface area contributed by atoms with Gasteiger partial charge in [-0.1, -0.05) is 0 Å². The van der Waals surface area contributed by atoms with Gasteiger partial charge < -0.3 is 21.2 Å². The Morgan fingerprint density at radius 1 is 1.47 bits per heavy atom. The molecule has 0 amide bonds. The summed E-state index contributed by atoms with van der Waals surface area (Å²) < 4.78 is 24.7. The minimum atomic E-state index is -2.55. The van der Waals surface area contributed by atoms with E-state index >= 15 is 0 Å². The highest BCUT2D eigenvalue weighted by Crippen LogP contribution is 2.17. The van der Waals surface area contributed by atoms with Crippen LogP contribution in [0.1, 0.15) is 0 Å². The van der Waals surface area contributed by atoms with Crippen molar-refractivity contribution >= 4 is 17.6 Å². The zero-order valence-corrected chi connectivity index (χ0v) is 8.98. The van der Waals surface area contributed by atoms with Gasteiger partial charge in [0.05, 0.1) is 13.2 Å². The summed E-state index contributed by atoms with van der Waals surface area (Å²) in [5.74, 6) is 5.45. The smallest absolute Gasteiger partial charge is 0.255 e. The predicted octanol–water partition coefficient (Wildman–Crippen LogP) is -0.592. The molecule has 9 heteroatoms. The highest BCUT2D eigenvalue weighted by molar-refractivity contribution is 5.52. The van der Waals surface area contributed by atoms with E-state index in [2.05, 4.69) is 15.4 Å². The van der Waals surface area contributed by atoms with Crippen molar-refractivity contribution in [1.82, 2.24) is 9.97 Å². The highest BCUT2D eigenvalue weighted by atomic mass is 19.3. The van der Waals surface area contributed by atoms with Crippen LogP contribution >= 0.6 is 0 Å². The number of halogens is 2. The van der Waals surface area contributed by atoms with Crippen LogP contribution in [0.2, 0.25) is 0 Å². The molecule has 0 aliphatic heterocycles. The lowest BCUT2D eigenvalue weighted by molar-refractivity contribution is 0.152. The van der Waals surface area contributed by atoms with Crippen molar-refractivity contribution in [3.05, 3.63) is 6.07 Å². The third kappa shape index (κ3) is 3.96. The zero-order chi connectivity index (χ0) is 12.8. The molecule has 1 heterocycles. The Morgan fingerprint density at radius 2 is 2.18 bits per heavy atom. The van der Waals surface area contributed by atoms with E-state index in [1.54, 1.807) is 0 Å². The van der Waals surface area contributed by atoms with Crippen LogP contribution in [0, 0.1) is 0 Å². The third-order valence-electron chi connectivity index (χ3n) is 1.93. The normalized spacial score (nSPS) is 10.6. The first-order chi connectivity index (χ1) is 8.06. The maximum atomic E-state index is 12.3. The predicted molar refractivity (Wildman–Crippen MR) is 59.6 cm³/mol. The second kappa shape index (κ2) is 6.11. The fourth-order valence-corrected chi connectivity index (χ4v) is 1.28. The van der Waals surface area contributed by atoms with Crippen LogP contribution in [-0.4, -0.2) is 41.2 Å². The summed E-state index contributed by atoms with van der Waals surface area (Å²) >= 11 is 0. The molecule has 96 valence electrons. The molecule has 7 nitrogen and oxygen atoms in total. The van der Waals surface area contributed by atoms with Gasteiger partial charge in [-0.2, -0.15) is 9.97 Å². The van der Waals surface area contributed by atoms with Gasteiger partial charge in [-0.3, -0.25) is 0 Å². The van der Waals surface area contributed by atoms with Crippen molar-refractivity contribution in [3.8, 4) is 0 Å². The molecule has 0 aliphatic rings. The third-order valence-corrected chi connectivity index (χ3v) is 1.93. The SMILES string of the molecule is NNc1cc(N(CCO)CC(F)F)nc(N)n1. The molecule has 0 atom stereocenters. The largest absolute Gasteiger partial charge is 0.395 e. The summed E-state index contributed by atoms with van der Waals surface area (Å²) in [7, 11) is 0. The van der Waals surface area contributed by atoms with E-state index < -0.39 is 13.0 Å². The summed E-state index contributed by atoms with van der Waals surface area (Å²) in [5.41, 5.74) is 7.66. The molecule has 0 spiro atoms.